The Morgan fingerprint density at radius 3 is 2.55 bits per heavy atom. The first-order valence-electron chi connectivity index (χ1n) is 11.8. The number of anilines is 1. The van der Waals surface area contributed by atoms with Crippen molar-refractivity contribution in [1.82, 2.24) is 20.6 Å². The number of hydrogen-bond donors (Lipinski definition) is 2. The predicted octanol–water partition coefficient (Wildman–Crippen LogP) is 2.53. The van der Waals surface area contributed by atoms with E-state index in [2.05, 4.69) is 31.6 Å². The molecule has 2 aliphatic carbocycles. The van der Waals surface area contributed by atoms with Crippen molar-refractivity contribution in [3.63, 3.8) is 0 Å². The van der Waals surface area contributed by atoms with Crippen molar-refractivity contribution < 1.29 is 9.53 Å². The number of ether oxygens (including phenoxy) is 1. The molecule has 3 unspecified atom stereocenters. The highest BCUT2D eigenvalue weighted by Crippen LogP contribution is 2.30. The van der Waals surface area contributed by atoms with E-state index < -0.39 is 0 Å². The monoisotopic (exact) mass is 468 g/mol. The van der Waals surface area contributed by atoms with E-state index in [1.54, 1.807) is 18.5 Å². The van der Waals surface area contributed by atoms with Gasteiger partial charge < -0.3 is 20.3 Å². The highest BCUT2D eigenvalue weighted by molar-refractivity contribution is 6.23. The zero-order chi connectivity index (χ0) is 22.8. The maximum Gasteiger partial charge on any atom is 0.271 e. The largest absolute Gasteiger partial charge is 0.495 e. The van der Waals surface area contributed by atoms with Crippen molar-refractivity contribution in [2.75, 3.05) is 31.1 Å². The molecule has 0 bridgehead atoms. The highest BCUT2D eigenvalue weighted by Gasteiger charge is 2.36. The molecule has 1 aromatic rings. The molecule has 1 saturated carbocycles. The number of nitriles is 1. The van der Waals surface area contributed by atoms with E-state index in [1.165, 1.54) is 0 Å². The molecule has 8 nitrogen and oxygen atoms in total. The third-order valence-corrected chi connectivity index (χ3v) is 7.60. The first kappa shape index (κ1) is 22.2. The first-order chi connectivity index (χ1) is 16.1. The fourth-order valence-electron chi connectivity index (χ4n) is 5.28. The van der Waals surface area contributed by atoms with Crippen molar-refractivity contribution in [3.8, 4) is 6.07 Å². The Morgan fingerprint density at radius 1 is 1.15 bits per heavy atom. The molecule has 3 fully saturated rings. The van der Waals surface area contributed by atoms with Gasteiger partial charge in [0.2, 0.25) is 0 Å². The van der Waals surface area contributed by atoms with Crippen LogP contribution in [0.3, 0.4) is 0 Å². The lowest BCUT2D eigenvalue weighted by Gasteiger charge is -2.31. The average molecular weight is 469 g/mol. The molecule has 33 heavy (non-hydrogen) atoms. The Kier molecular flexibility index (Phi) is 6.52. The van der Waals surface area contributed by atoms with Gasteiger partial charge in [0.05, 0.1) is 35.7 Å². The van der Waals surface area contributed by atoms with Gasteiger partial charge in [-0.3, -0.25) is 4.79 Å². The van der Waals surface area contributed by atoms with Gasteiger partial charge in [-0.25, -0.2) is 9.97 Å². The van der Waals surface area contributed by atoms with E-state index in [0.717, 1.165) is 63.4 Å². The normalized spacial score (nSPS) is 31.3. The maximum atomic E-state index is 12.7. The zero-order valence-corrected chi connectivity index (χ0v) is 19.3. The number of fused-ring (bicyclic) bond motifs is 1. The number of halogens is 1. The summed E-state index contributed by atoms with van der Waals surface area (Å²) in [6.07, 6.45) is 11.0. The minimum absolute atomic E-state index is 0.107. The molecule has 3 heterocycles. The van der Waals surface area contributed by atoms with Gasteiger partial charge in [-0.1, -0.05) is 0 Å². The molecule has 9 heteroatoms. The van der Waals surface area contributed by atoms with E-state index >= 15 is 0 Å². The molecule has 2 aliphatic heterocycles. The molecule has 3 atom stereocenters. The third-order valence-electron chi connectivity index (χ3n) is 7.21. The van der Waals surface area contributed by atoms with Gasteiger partial charge in [0.25, 0.3) is 5.91 Å². The number of carbonyl (C=O) groups excluding carboxylic acids is 1. The fraction of sp³-hybridized carbons (Fsp3) is 0.583. The Balaban J connectivity index is 1.08. The summed E-state index contributed by atoms with van der Waals surface area (Å²) in [5, 5.41) is 15.3. The quantitative estimate of drug-likeness (QED) is 0.640. The molecule has 1 amide bonds. The van der Waals surface area contributed by atoms with Gasteiger partial charge in [0.1, 0.15) is 11.5 Å². The summed E-state index contributed by atoms with van der Waals surface area (Å²) in [7, 11) is 0. The highest BCUT2D eigenvalue weighted by atomic mass is 35.5. The van der Waals surface area contributed by atoms with Gasteiger partial charge in [-0.05, 0) is 49.7 Å². The van der Waals surface area contributed by atoms with E-state index in [-0.39, 0.29) is 23.4 Å². The number of rotatable bonds is 5. The van der Waals surface area contributed by atoms with E-state index in [1.807, 2.05) is 6.08 Å². The zero-order valence-electron chi connectivity index (χ0n) is 18.5. The summed E-state index contributed by atoms with van der Waals surface area (Å²) in [4.78, 5) is 23.9. The molecule has 0 radical (unpaired) electrons. The van der Waals surface area contributed by atoms with Crippen LogP contribution in [0.25, 0.3) is 0 Å². The standard InChI is InChI=1S/C24H29ClN6O2/c25-21-7-20(4-1-15(21)8-26)33-19-5-2-18(3-6-19)30-24(32)22-11-29-23(12-28-22)31-13-16-9-27-10-17(16)14-31/h1,4,11-12,16-19,21,27H,2-3,5-7,9-10,13-14H2,(H,30,32). The minimum atomic E-state index is -0.319. The smallest absolute Gasteiger partial charge is 0.271 e. The number of allylic oxidation sites excluding steroid dienone is 4. The number of amides is 1. The summed E-state index contributed by atoms with van der Waals surface area (Å²) in [6.45, 7) is 4.15. The third kappa shape index (κ3) is 4.99. The van der Waals surface area contributed by atoms with Crippen LogP contribution in [0.1, 0.15) is 42.6 Å². The Hall–Kier alpha value is -2.63. The Bertz CT molecular complexity index is 968. The molecule has 0 spiro atoms. The molecular weight excluding hydrogens is 440 g/mol. The molecule has 5 rings (SSSR count). The summed E-state index contributed by atoms with van der Waals surface area (Å²) in [5.74, 6) is 2.88. The topological polar surface area (TPSA) is 103 Å². The molecular formula is C24H29ClN6O2. The number of aromatic nitrogens is 2. The maximum absolute atomic E-state index is 12.7. The first-order valence-corrected chi connectivity index (χ1v) is 12.2. The van der Waals surface area contributed by atoms with E-state index in [4.69, 9.17) is 21.6 Å². The predicted molar refractivity (Wildman–Crippen MR) is 125 cm³/mol. The van der Waals surface area contributed by atoms with Gasteiger partial charge in [-0.15, -0.1) is 11.6 Å². The number of carbonyl (C=O) groups is 1. The van der Waals surface area contributed by atoms with Crippen LogP contribution in [0, 0.1) is 23.2 Å². The van der Waals surface area contributed by atoms with Crippen molar-refractivity contribution in [1.29, 1.82) is 5.26 Å². The fourth-order valence-corrected chi connectivity index (χ4v) is 5.55. The van der Waals surface area contributed by atoms with Gasteiger partial charge in [-0.2, -0.15) is 5.26 Å². The van der Waals surface area contributed by atoms with E-state index in [0.29, 0.717) is 29.5 Å². The Labute approximate surface area is 199 Å². The molecule has 2 saturated heterocycles. The molecule has 0 aromatic carbocycles. The van der Waals surface area contributed by atoms with Crippen LogP contribution in [0.2, 0.25) is 0 Å². The van der Waals surface area contributed by atoms with Crippen LogP contribution in [0.4, 0.5) is 5.82 Å². The minimum Gasteiger partial charge on any atom is -0.495 e. The van der Waals surface area contributed by atoms with Crippen LogP contribution >= 0.6 is 11.6 Å². The molecule has 1 aromatic heterocycles. The van der Waals surface area contributed by atoms with Crippen LogP contribution in [0.15, 0.2) is 35.9 Å². The SMILES string of the molecule is N#CC1=CC=C(OC2CCC(NC(=O)c3cnc(N4CC5CNCC5C4)cn3)CC2)CC1Cl. The van der Waals surface area contributed by atoms with Crippen molar-refractivity contribution in [2.24, 2.45) is 11.8 Å². The van der Waals surface area contributed by atoms with Gasteiger partial charge in [0, 0.05) is 44.2 Å². The lowest BCUT2D eigenvalue weighted by atomic mass is 9.92. The molecule has 174 valence electrons. The second kappa shape index (κ2) is 9.70. The van der Waals surface area contributed by atoms with E-state index in [9.17, 15) is 4.79 Å². The second-order valence-corrected chi connectivity index (χ2v) is 9.97. The number of hydrogen-bond acceptors (Lipinski definition) is 7. The average Bonchev–Trinajstić information content (AvgIpc) is 3.43. The van der Waals surface area contributed by atoms with Crippen molar-refractivity contribution in [3.05, 3.63) is 41.6 Å². The molecule has 2 N–H and O–H groups in total. The number of alkyl halides is 1. The van der Waals surface area contributed by atoms with Gasteiger partial charge >= 0.3 is 0 Å². The van der Waals surface area contributed by atoms with Crippen molar-refractivity contribution >= 4 is 23.3 Å². The van der Waals surface area contributed by atoms with Crippen LogP contribution in [-0.2, 0) is 4.74 Å². The summed E-state index contributed by atoms with van der Waals surface area (Å²) >= 11 is 6.23. The molecule has 4 aliphatic rings. The summed E-state index contributed by atoms with van der Waals surface area (Å²) in [6, 6.07) is 2.22. The van der Waals surface area contributed by atoms with Crippen molar-refractivity contribution in [2.45, 2.75) is 49.6 Å². The second-order valence-electron chi connectivity index (χ2n) is 9.45. The van der Waals surface area contributed by atoms with Crippen LogP contribution < -0.4 is 15.5 Å². The number of nitrogens with one attached hydrogen (secondary N) is 2. The summed E-state index contributed by atoms with van der Waals surface area (Å²) < 4.78 is 6.10. The number of nitrogens with zero attached hydrogens (tertiary/aromatic N) is 4. The lowest BCUT2D eigenvalue weighted by Crippen LogP contribution is -2.39. The van der Waals surface area contributed by atoms with Crippen LogP contribution in [-0.4, -0.2) is 59.6 Å². The van der Waals surface area contributed by atoms with Gasteiger partial charge in [0.15, 0.2) is 0 Å². The Morgan fingerprint density at radius 2 is 1.91 bits per heavy atom. The summed E-state index contributed by atoms with van der Waals surface area (Å²) in [5.41, 5.74) is 0.936. The lowest BCUT2D eigenvalue weighted by molar-refractivity contribution is 0.0646. The van der Waals surface area contributed by atoms with Crippen LogP contribution in [0.5, 0.6) is 0 Å².